The van der Waals surface area contributed by atoms with E-state index < -0.39 is 0 Å². The van der Waals surface area contributed by atoms with Gasteiger partial charge in [0.1, 0.15) is 12.4 Å². The van der Waals surface area contributed by atoms with E-state index in [1.807, 2.05) is 6.07 Å². The van der Waals surface area contributed by atoms with Gasteiger partial charge in [-0.2, -0.15) is 0 Å². The highest BCUT2D eigenvalue weighted by Gasteiger charge is 2.10. The van der Waals surface area contributed by atoms with E-state index in [4.69, 9.17) is 4.98 Å². The van der Waals surface area contributed by atoms with Crippen LogP contribution in [0.2, 0.25) is 0 Å². The number of rotatable bonds is 6. The molecule has 0 aliphatic carbocycles. The zero-order valence-electron chi connectivity index (χ0n) is 13.5. The van der Waals surface area contributed by atoms with Crippen LogP contribution >= 0.6 is 0 Å². The smallest absolute Gasteiger partial charge is 0.169 e. The fourth-order valence-corrected chi connectivity index (χ4v) is 2.88. The summed E-state index contributed by atoms with van der Waals surface area (Å²) in [5.41, 5.74) is 3.40. The number of aryl methyl sites for hydroxylation is 2. The van der Waals surface area contributed by atoms with Gasteiger partial charge in [0.05, 0.1) is 11.0 Å². The Bertz CT molecular complexity index is 741. The molecule has 0 radical (unpaired) electrons. The van der Waals surface area contributed by atoms with Gasteiger partial charge in [-0.1, -0.05) is 31.9 Å². The van der Waals surface area contributed by atoms with Crippen molar-refractivity contribution < 1.29 is 4.57 Å². The number of nitrogens with zero attached hydrogens (tertiary/aromatic N) is 3. The van der Waals surface area contributed by atoms with Crippen molar-refractivity contribution in [2.45, 2.75) is 39.2 Å². The number of fused-ring (bicyclic) bond motifs is 1. The molecule has 0 bridgehead atoms. The Balaban J connectivity index is 1.78. The molecule has 3 heteroatoms. The molecule has 0 amide bonds. The summed E-state index contributed by atoms with van der Waals surface area (Å²) < 4.78 is 4.43. The summed E-state index contributed by atoms with van der Waals surface area (Å²) >= 11 is 0. The van der Waals surface area contributed by atoms with Crippen molar-refractivity contribution in [1.82, 2.24) is 9.55 Å². The van der Waals surface area contributed by atoms with E-state index in [0.29, 0.717) is 0 Å². The third kappa shape index (κ3) is 3.03. The normalized spacial score (nSPS) is 11.2. The lowest BCUT2D eigenvalue weighted by molar-refractivity contribution is -0.697. The molecule has 2 aromatic heterocycles. The van der Waals surface area contributed by atoms with Crippen molar-refractivity contribution in [2.75, 3.05) is 0 Å². The average Bonchev–Trinajstić information content (AvgIpc) is 2.90. The first-order chi connectivity index (χ1) is 10.8. The van der Waals surface area contributed by atoms with Gasteiger partial charge in [0.2, 0.25) is 0 Å². The molecule has 0 saturated heterocycles. The third-order valence-electron chi connectivity index (χ3n) is 4.21. The lowest BCUT2D eigenvalue weighted by Crippen LogP contribution is -2.32. The number of hydrogen-bond acceptors (Lipinski definition) is 1. The molecule has 0 aliphatic heterocycles. The Morgan fingerprint density at radius 2 is 1.77 bits per heavy atom. The van der Waals surface area contributed by atoms with Crippen LogP contribution < -0.4 is 4.57 Å². The minimum absolute atomic E-state index is 1.03. The van der Waals surface area contributed by atoms with Gasteiger partial charge in [0.25, 0.3) is 0 Å². The Hall–Kier alpha value is -2.16. The molecule has 0 atom stereocenters. The Morgan fingerprint density at radius 3 is 2.50 bits per heavy atom. The lowest BCUT2D eigenvalue weighted by Gasteiger charge is -2.02. The number of pyridine rings is 1. The van der Waals surface area contributed by atoms with Crippen molar-refractivity contribution in [1.29, 1.82) is 0 Å². The summed E-state index contributed by atoms with van der Waals surface area (Å²) in [6, 6.07) is 12.6. The van der Waals surface area contributed by atoms with Gasteiger partial charge in [0, 0.05) is 31.2 Å². The largest absolute Gasteiger partial charge is 0.327 e. The fourth-order valence-electron chi connectivity index (χ4n) is 2.88. The Morgan fingerprint density at radius 1 is 1.00 bits per heavy atom. The highest BCUT2D eigenvalue weighted by molar-refractivity contribution is 5.80. The summed E-state index contributed by atoms with van der Waals surface area (Å²) in [4.78, 5) is 4.75. The van der Waals surface area contributed by atoms with Crippen molar-refractivity contribution >= 4 is 11.0 Å². The lowest BCUT2D eigenvalue weighted by atomic mass is 10.2. The van der Waals surface area contributed by atoms with E-state index in [-0.39, 0.29) is 0 Å². The minimum Gasteiger partial charge on any atom is -0.327 e. The van der Waals surface area contributed by atoms with E-state index >= 15 is 0 Å². The Labute approximate surface area is 132 Å². The summed E-state index contributed by atoms with van der Waals surface area (Å²) in [6.45, 7) is 3.35. The molecule has 114 valence electrons. The quantitative estimate of drug-likeness (QED) is 0.495. The summed E-state index contributed by atoms with van der Waals surface area (Å²) in [5.74, 6) is 1.03. The number of benzene rings is 1. The molecule has 0 unspecified atom stereocenters. The van der Waals surface area contributed by atoms with E-state index in [1.54, 1.807) is 0 Å². The Kier molecular flexibility index (Phi) is 4.52. The van der Waals surface area contributed by atoms with Gasteiger partial charge in [-0.3, -0.25) is 0 Å². The minimum atomic E-state index is 1.03. The highest BCUT2D eigenvalue weighted by Crippen LogP contribution is 2.22. The number of hydrogen-bond donors (Lipinski definition) is 0. The van der Waals surface area contributed by atoms with E-state index in [2.05, 4.69) is 65.8 Å². The predicted octanol–water partition coefficient (Wildman–Crippen LogP) is 4.11. The van der Waals surface area contributed by atoms with Crippen LogP contribution in [0.25, 0.3) is 22.4 Å². The highest BCUT2D eigenvalue weighted by atomic mass is 15.1. The molecule has 2 heterocycles. The molecule has 22 heavy (non-hydrogen) atoms. The van der Waals surface area contributed by atoms with Crippen LogP contribution in [0.4, 0.5) is 0 Å². The molecule has 0 spiro atoms. The van der Waals surface area contributed by atoms with Crippen molar-refractivity contribution in [3.63, 3.8) is 0 Å². The summed E-state index contributed by atoms with van der Waals surface area (Å²) in [5, 5.41) is 0. The number of unbranched alkanes of at least 4 members (excludes halogenated alkanes) is 3. The fraction of sp³-hybridized carbons (Fsp3) is 0.368. The van der Waals surface area contributed by atoms with Crippen molar-refractivity contribution in [3.05, 3.63) is 48.8 Å². The van der Waals surface area contributed by atoms with Crippen LogP contribution in [0, 0.1) is 0 Å². The second-order valence-corrected chi connectivity index (χ2v) is 5.87. The molecule has 3 nitrogen and oxygen atoms in total. The number of para-hydroxylation sites is 2. The van der Waals surface area contributed by atoms with Gasteiger partial charge in [-0.25, -0.2) is 9.55 Å². The maximum absolute atomic E-state index is 4.75. The van der Waals surface area contributed by atoms with Crippen LogP contribution in [-0.2, 0) is 13.6 Å². The van der Waals surface area contributed by atoms with Crippen LogP contribution in [0.1, 0.15) is 32.6 Å². The molecule has 0 aliphatic rings. The van der Waals surface area contributed by atoms with E-state index in [0.717, 1.165) is 17.9 Å². The molecule has 0 fully saturated rings. The first-order valence-corrected chi connectivity index (χ1v) is 8.20. The molecule has 3 aromatic rings. The van der Waals surface area contributed by atoms with E-state index in [9.17, 15) is 0 Å². The molecule has 0 N–H and O–H groups in total. The average molecular weight is 294 g/mol. The zero-order valence-corrected chi connectivity index (χ0v) is 13.5. The predicted molar refractivity (Wildman–Crippen MR) is 90.5 cm³/mol. The van der Waals surface area contributed by atoms with Crippen molar-refractivity contribution in [2.24, 2.45) is 7.05 Å². The topological polar surface area (TPSA) is 21.7 Å². The molecule has 1 aromatic carbocycles. The molecule has 0 saturated carbocycles. The third-order valence-corrected chi connectivity index (χ3v) is 4.21. The summed E-state index contributed by atoms with van der Waals surface area (Å²) in [6.07, 6.45) is 9.52. The maximum atomic E-state index is 4.75. The van der Waals surface area contributed by atoms with Crippen molar-refractivity contribution in [3.8, 4) is 11.4 Å². The second kappa shape index (κ2) is 6.73. The summed E-state index contributed by atoms with van der Waals surface area (Å²) in [7, 11) is 2.08. The SMILES string of the molecule is CCCCCC[n+]1ccc(-c2nc3ccccc3n2C)cc1. The standard InChI is InChI=1S/C19H24N3/c1-3-4-5-8-13-22-14-11-16(12-15-22)19-20-17-9-6-7-10-18(17)21(19)2/h6-7,9-12,14-15H,3-5,8,13H2,1-2H3/q+1. The van der Waals surface area contributed by atoms with Crippen LogP contribution in [0.3, 0.4) is 0 Å². The molecular formula is C19H24N3+. The second-order valence-electron chi connectivity index (χ2n) is 5.87. The van der Waals surface area contributed by atoms with Gasteiger partial charge < -0.3 is 4.57 Å². The molecule has 3 rings (SSSR count). The van der Waals surface area contributed by atoms with Gasteiger partial charge >= 0.3 is 0 Å². The first kappa shape index (κ1) is 14.8. The van der Waals surface area contributed by atoms with Gasteiger partial charge in [-0.05, 0) is 18.6 Å². The first-order valence-electron chi connectivity index (χ1n) is 8.20. The van der Waals surface area contributed by atoms with Crippen LogP contribution in [-0.4, -0.2) is 9.55 Å². The molecular weight excluding hydrogens is 270 g/mol. The maximum Gasteiger partial charge on any atom is 0.169 e. The zero-order chi connectivity index (χ0) is 15.4. The van der Waals surface area contributed by atoms with Gasteiger partial charge in [0.15, 0.2) is 12.4 Å². The van der Waals surface area contributed by atoms with Crippen LogP contribution in [0.5, 0.6) is 0 Å². The monoisotopic (exact) mass is 294 g/mol. The number of aromatic nitrogens is 3. The van der Waals surface area contributed by atoms with E-state index in [1.165, 1.54) is 36.8 Å². The number of imidazole rings is 1. The van der Waals surface area contributed by atoms with Gasteiger partial charge in [-0.15, -0.1) is 0 Å². The van der Waals surface area contributed by atoms with Crippen LogP contribution in [0.15, 0.2) is 48.8 Å².